The van der Waals surface area contributed by atoms with E-state index in [2.05, 4.69) is 25.3 Å². The number of nitrogens with zero attached hydrogens (tertiary/aromatic N) is 5. The molecule has 0 saturated heterocycles. The first-order chi connectivity index (χ1) is 12.3. The van der Waals surface area contributed by atoms with Crippen molar-refractivity contribution in [2.45, 2.75) is 11.9 Å². The Kier molecular flexibility index (Phi) is 4.38. The highest BCUT2D eigenvalue weighted by atomic mass is 32.2. The summed E-state index contributed by atoms with van der Waals surface area (Å²) >= 11 is 0. The van der Waals surface area contributed by atoms with E-state index in [0.717, 1.165) is 4.40 Å². The third-order valence-corrected chi connectivity index (χ3v) is 4.39. The maximum Gasteiger partial charge on any atom is 0.335 e. The monoisotopic (exact) mass is 381 g/mol. The number of urea groups is 1. The number of ether oxygens (including phenoxy) is 1. The van der Waals surface area contributed by atoms with Crippen molar-refractivity contribution < 1.29 is 22.3 Å². The molecule has 3 heterocycles. The van der Waals surface area contributed by atoms with Crippen molar-refractivity contribution in [3.05, 3.63) is 36.2 Å². The molecule has 3 rings (SSSR count). The normalized spacial score (nSPS) is 11.3. The Bertz CT molecular complexity index is 1100. The number of hydrogen-bond donors (Lipinski definition) is 2. The molecule has 0 bridgehead atoms. The molecule has 0 saturated carbocycles. The lowest BCUT2D eigenvalue weighted by Crippen LogP contribution is -2.36. The molecule has 13 heteroatoms. The number of anilines is 1. The lowest BCUT2D eigenvalue weighted by molar-refractivity contribution is 0.256. The fourth-order valence-electron chi connectivity index (χ4n) is 2.09. The van der Waals surface area contributed by atoms with Crippen LogP contribution >= 0.6 is 0 Å². The predicted molar refractivity (Wildman–Crippen MR) is 85.6 cm³/mol. The quantitative estimate of drug-likeness (QED) is 0.665. The van der Waals surface area contributed by atoms with E-state index in [1.165, 1.54) is 32.4 Å². The Hall–Kier alpha value is -3.35. The van der Waals surface area contributed by atoms with Crippen LogP contribution in [0.25, 0.3) is 5.65 Å². The van der Waals surface area contributed by atoms with Crippen LogP contribution in [0.4, 0.5) is 15.1 Å². The number of aromatic nitrogens is 5. The number of amides is 2. The second-order valence-electron chi connectivity index (χ2n) is 4.89. The maximum absolute atomic E-state index is 14.0. The fraction of sp³-hybridized carbons (Fsp3) is 0.154. The van der Waals surface area contributed by atoms with Crippen LogP contribution in [0.2, 0.25) is 0 Å². The van der Waals surface area contributed by atoms with Crippen LogP contribution in [0.15, 0.2) is 29.4 Å². The van der Waals surface area contributed by atoms with Gasteiger partial charge in [-0.25, -0.2) is 9.52 Å². The molecule has 0 atom stereocenters. The summed E-state index contributed by atoms with van der Waals surface area (Å²) in [4.78, 5) is 26.9. The summed E-state index contributed by atoms with van der Waals surface area (Å²) in [5, 5.41) is 1.32. The van der Waals surface area contributed by atoms with E-state index in [4.69, 9.17) is 4.74 Å². The second-order valence-corrected chi connectivity index (χ2v) is 6.49. The summed E-state index contributed by atoms with van der Waals surface area (Å²) in [5.74, 6) is -1.24. The van der Waals surface area contributed by atoms with E-state index in [9.17, 15) is 17.6 Å². The van der Waals surface area contributed by atoms with Gasteiger partial charge >= 0.3 is 12.0 Å². The average Bonchev–Trinajstić information content (AvgIpc) is 2.89. The molecule has 0 aliphatic carbocycles. The van der Waals surface area contributed by atoms with Gasteiger partial charge in [-0.05, 0) is 19.1 Å². The molecule has 2 amide bonds. The topological polar surface area (TPSA) is 140 Å². The van der Waals surface area contributed by atoms with E-state index in [1.54, 1.807) is 10.8 Å². The molecule has 3 aromatic rings. The number of hydrogen-bond acceptors (Lipinski definition) is 8. The number of pyridine rings is 1. The van der Waals surface area contributed by atoms with Crippen LogP contribution in [-0.4, -0.2) is 45.9 Å². The van der Waals surface area contributed by atoms with E-state index in [1.807, 2.05) is 0 Å². The molecule has 3 aromatic heterocycles. The number of imidazole rings is 1. The fourth-order valence-corrected chi connectivity index (χ4v) is 3.16. The van der Waals surface area contributed by atoms with Crippen LogP contribution in [0.1, 0.15) is 5.82 Å². The summed E-state index contributed by atoms with van der Waals surface area (Å²) in [5.41, 5.74) is 0.0728. The van der Waals surface area contributed by atoms with Crippen LogP contribution in [0, 0.1) is 12.9 Å². The first kappa shape index (κ1) is 17.5. The standard InChI is InChI=1S/C13H12FN7O4S/c1-7-15-11(19-13(16-7)25-2)18-12(22)20-26(23,24)10-9(14)17-8-5-3-4-6-21(8)10/h3-6H,1-2H3,(H2,15,16,18,19,20,22). The van der Waals surface area contributed by atoms with Crippen molar-refractivity contribution in [1.82, 2.24) is 29.1 Å². The van der Waals surface area contributed by atoms with Crippen LogP contribution in [0.3, 0.4) is 0 Å². The number of halogens is 1. The van der Waals surface area contributed by atoms with Gasteiger partial charge in [0.15, 0.2) is 0 Å². The minimum absolute atomic E-state index is 0.0662. The van der Waals surface area contributed by atoms with Crippen LogP contribution < -0.4 is 14.8 Å². The van der Waals surface area contributed by atoms with Gasteiger partial charge in [0.1, 0.15) is 11.5 Å². The Morgan fingerprint density at radius 2 is 2.00 bits per heavy atom. The highest BCUT2D eigenvalue weighted by molar-refractivity contribution is 7.90. The molecule has 0 unspecified atom stereocenters. The number of methoxy groups -OCH3 is 1. The van der Waals surface area contributed by atoms with E-state index < -0.39 is 27.0 Å². The molecular weight excluding hydrogens is 369 g/mol. The number of nitrogens with one attached hydrogen (secondary N) is 2. The second kappa shape index (κ2) is 6.51. The SMILES string of the molecule is COc1nc(C)nc(NC(=O)NS(=O)(=O)c2c(F)nc3ccccn23)n1. The lowest BCUT2D eigenvalue weighted by Gasteiger charge is -2.08. The number of carbonyl (C=O) groups is 1. The Labute approximate surface area is 146 Å². The molecule has 2 N–H and O–H groups in total. The van der Waals surface area contributed by atoms with E-state index >= 15 is 0 Å². The first-order valence-electron chi connectivity index (χ1n) is 7.03. The zero-order valence-corrected chi connectivity index (χ0v) is 14.3. The van der Waals surface area contributed by atoms with Crippen molar-refractivity contribution in [3.8, 4) is 6.01 Å². The van der Waals surface area contributed by atoms with Crippen molar-refractivity contribution >= 4 is 27.6 Å². The van der Waals surface area contributed by atoms with Crippen LogP contribution in [0.5, 0.6) is 6.01 Å². The molecule has 11 nitrogen and oxygen atoms in total. The third kappa shape index (κ3) is 3.37. The summed E-state index contributed by atoms with van der Waals surface area (Å²) in [7, 11) is -3.24. The minimum Gasteiger partial charge on any atom is -0.467 e. The summed E-state index contributed by atoms with van der Waals surface area (Å²) in [6, 6.07) is 3.22. The first-order valence-corrected chi connectivity index (χ1v) is 8.51. The molecule has 136 valence electrons. The number of aryl methyl sites for hydroxylation is 1. The van der Waals surface area contributed by atoms with Gasteiger partial charge in [-0.15, -0.1) is 0 Å². The Balaban J connectivity index is 1.86. The van der Waals surface area contributed by atoms with Gasteiger partial charge in [0.25, 0.3) is 16.0 Å². The highest BCUT2D eigenvalue weighted by Gasteiger charge is 2.27. The predicted octanol–water partition coefficient (Wildman–Crippen LogP) is 0.486. The Morgan fingerprint density at radius 3 is 2.73 bits per heavy atom. The number of sulfonamides is 1. The molecular formula is C13H12FN7O4S. The van der Waals surface area contributed by atoms with Gasteiger partial charge in [0, 0.05) is 6.20 Å². The number of carbonyl (C=O) groups excluding carboxylic acids is 1. The largest absolute Gasteiger partial charge is 0.467 e. The minimum atomic E-state index is -4.56. The number of rotatable bonds is 4. The molecule has 0 spiro atoms. The van der Waals surface area contributed by atoms with Gasteiger partial charge in [0.2, 0.25) is 11.0 Å². The number of fused-ring (bicyclic) bond motifs is 1. The van der Waals surface area contributed by atoms with Gasteiger partial charge in [-0.1, -0.05) is 6.07 Å². The maximum atomic E-state index is 14.0. The van der Waals surface area contributed by atoms with Crippen molar-refractivity contribution in [2.24, 2.45) is 0 Å². The average molecular weight is 381 g/mol. The smallest absolute Gasteiger partial charge is 0.335 e. The van der Waals surface area contributed by atoms with Gasteiger partial charge in [0.05, 0.1) is 7.11 Å². The highest BCUT2D eigenvalue weighted by Crippen LogP contribution is 2.16. The summed E-state index contributed by atoms with van der Waals surface area (Å²) in [6.07, 6.45) is 1.30. The summed E-state index contributed by atoms with van der Waals surface area (Å²) in [6.45, 7) is 1.53. The molecule has 26 heavy (non-hydrogen) atoms. The molecule has 0 radical (unpaired) electrons. The van der Waals surface area contributed by atoms with Gasteiger partial charge in [-0.2, -0.15) is 32.7 Å². The molecule has 0 fully saturated rings. The van der Waals surface area contributed by atoms with Crippen molar-refractivity contribution in [1.29, 1.82) is 0 Å². The van der Waals surface area contributed by atoms with Gasteiger partial charge < -0.3 is 4.74 Å². The lowest BCUT2D eigenvalue weighted by atomic mass is 10.5. The van der Waals surface area contributed by atoms with Crippen molar-refractivity contribution in [2.75, 3.05) is 12.4 Å². The van der Waals surface area contributed by atoms with Gasteiger partial charge in [-0.3, -0.25) is 9.72 Å². The summed E-state index contributed by atoms with van der Waals surface area (Å²) < 4.78 is 46.2. The zero-order chi connectivity index (χ0) is 18.9. The van der Waals surface area contributed by atoms with Crippen molar-refractivity contribution in [3.63, 3.8) is 0 Å². The van der Waals surface area contributed by atoms with E-state index in [0.29, 0.717) is 0 Å². The molecule has 0 aliphatic rings. The van der Waals surface area contributed by atoms with Crippen LogP contribution in [-0.2, 0) is 10.0 Å². The molecule has 0 aliphatic heterocycles. The zero-order valence-electron chi connectivity index (χ0n) is 13.5. The Morgan fingerprint density at radius 1 is 1.23 bits per heavy atom. The third-order valence-electron chi connectivity index (χ3n) is 3.06. The molecule has 0 aromatic carbocycles. The van der Waals surface area contributed by atoms with E-state index in [-0.39, 0.29) is 23.4 Å².